The minimum absolute atomic E-state index is 0.249. The zero-order chi connectivity index (χ0) is 12.1. The standard InChI is InChI=1S/C12H14BrFO2/c1-3-16-12(15)10(13)6-9-5-4-8(2)11(14)7-9/h4-5,7,10H,3,6H2,1-2H3. The highest BCUT2D eigenvalue weighted by atomic mass is 79.9. The van der Waals surface area contributed by atoms with Crippen LogP contribution in [0.25, 0.3) is 0 Å². The van der Waals surface area contributed by atoms with E-state index in [0.717, 1.165) is 5.56 Å². The van der Waals surface area contributed by atoms with E-state index in [1.54, 1.807) is 19.9 Å². The minimum Gasteiger partial charge on any atom is -0.465 e. The second kappa shape index (κ2) is 5.99. The van der Waals surface area contributed by atoms with E-state index in [2.05, 4.69) is 15.9 Å². The van der Waals surface area contributed by atoms with Crippen molar-refractivity contribution in [3.05, 3.63) is 35.1 Å². The highest BCUT2D eigenvalue weighted by Crippen LogP contribution is 2.15. The molecule has 88 valence electrons. The first-order valence-electron chi connectivity index (χ1n) is 5.10. The van der Waals surface area contributed by atoms with Crippen LogP contribution in [0.5, 0.6) is 0 Å². The van der Waals surface area contributed by atoms with Crippen LogP contribution in [0.1, 0.15) is 18.1 Å². The largest absolute Gasteiger partial charge is 0.465 e. The summed E-state index contributed by atoms with van der Waals surface area (Å²) in [6.45, 7) is 3.81. The molecule has 16 heavy (non-hydrogen) atoms. The normalized spacial score (nSPS) is 12.2. The van der Waals surface area contributed by atoms with Crippen molar-refractivity contribution in [3.8, 4) is 0 Å². The van der Waals surface area contributed by atoms with Crippen molar-refractivity contribution in [1.29, 1.82) is 0 Å². The van der Waals surface area contributed by atoms with E-state index in [4.69, 9.17) is 4.74 Å². The van der Waals surface area contributed by atoms with Crippen LogP contribution in [0.4, 0.5) is 4.39 Å². The lowest BCUT2D eigenvalue weighted by Crippen LogP contribution is -2.19. The lowest BCUT2D eigenvalue weighted by molar-refractivity contribution is -0.142. The van der Waals surface area contributed by atoms with Crippen LogP contribution in [0.2, 0.25) is 0 Å². The number of benzene rings is 1. The quantitative estimate of drug-likeness (QED) is 0.629. The molecular formula is C12H14BrFO2. The van der Waals surface area contributed by atoms with Gasteiger partial charge in [-0.15, -0.1) is 0 Å². The minimum atomic E-state index is -0.422. The van der Waals surface area contributed by atoms with Crippen LogP contribution in [-0.4, -0.2) is 17.4 Å². The summed E-state index contributed by atoms with van der Waals surface area (Å²) in [4.78, 5) is 10.9. The Morgan fingerprint density at radius 3 is 2.81 bits per heavy atom. The molecule has 1 rings (SSSR count). The van der Waals surface area contributed by atoms with Crippen LogP contribution in [0.15, 0.2) is 18.2 Å². The molecule has 1 aromatic rings. The summed E-state index contributed by atoms with van der Waals surface area (Å²) in [6.07, 6.45) is 0.427. The van der Waals surface area contributed by atoms with Crippen molar-refractivity contribution in [2.24, 2.45) is 0 Å². The maximum atomic E-state index is 13.2. The zero-order valence-electron chi connectivity index (χ0n) is 9.30. The first-order valence-corrected chi connectivity index (χ1v) is 6.02. The summed E-state index contributed by atoms with van der Waals surface area (Å²) in [5.74, 6) is -0.565. The molecule has 0 amide bonds. The first kappa shape index (κ1) is 13.2. The summed E-state index contributed by atoms with van der Waals surface area (Å²) >= 11 is 3.23. The molecule has 0 bridgehead atoms. The fourth-order valence-electron chi connectivity index (χ4n) is 1.29. The SMILES string of the molecule is CCOC(=O)C(Br)Cc1ccc(C)c(F)c1. The van der Waals surface area contributed by atoms with E-state index in [9.17, 15) is 9.18 Å². The van der Waals surface area contributed by atoms with Crippen LogP contribution in [-0.2, 0) is 16.0 Å². The topological polar surface area (TPSA) is 26.3 Å². The Labute approximate surface area is 103 Å². The van der Waals surface area contributed by atoms with E-state index < -0.39 is 4.83 Å². The first-order chi connectivity index (χ1) is 7.54. The van der Waals surface area contributed by atoms with Crippen LogP contribution in [0.3, 0.4) is 0 Å². The number of alkyl halides is 1. The van der Waals surface area contributed by atoms with Gasteiger partial charge in [0.1, 0.15) is 10.6 Å². The summed E-state index contributed by atoms with van der Waals surface area (Å²) in [6, 6.07) is 4.96. The van der Waals surface area contributed by atoms with E-state index >= 15 is 0 Å². The Hall–Kier alpha value is -0.900. The molecule has 1 aromatic carbocycles. The number of halogens is 2. The third kappa shape index (κ3) is 3.59. The predicted octanol–water partition coefficient (Wildman–Crippen LogP) is 3.00. The molecule has 0 heterocycles. The Morgan fingerprint density at radius 2 is 2.25 bits per heavy atom. The maximum absolute atomic E-state index is 13.2. The molecule has 0 aliphatic heterocycles. The van der Waals surface area contributed by atoms with Crippen molar-refractivity contribution in [3.63, 3.8) is 0 Å². The second-order valence-corrected chi connectivity index (χ2v) is 4.61. The number of rotatable bonds is 4. The molecule has 0 aliphatic carbocycles. The fourth-order valence-corrected chi connectivity index (χ4v) is 1.79. The fraction of sp³-hybridized carbons (Fsp3) is 0.417. The highest BCUT2D eigenvalue weighted by molar-refractivity contribution is 9.10. The molecule has 0 N–H and O–H groups in total. The molecule has 1 unspecified atom stereocenters. The smallest absolute Gasteiger partial charge is 0.320 e. The number of esters is 1. The molecule has 4 heteroatoms. The highest BCUT2D eigenvalue weighted by Gasteiger charge is 2.16. The third-order valence-electron chi connectivity index (χ3n) is 2.19. The summed E-state index contributed by atoms with van der Waals surface area (Å²) in [7, 11) is 0. The van der Waals surface area contributed by atoms with Gasteiger partial charge in [0.05, 0.1) is 6.61 Å². The predicted molar refractivity (Wildman–Crippen MR) is 64.2 cm³/mol. The Kier molecular flexibility index (Phi) is 4.93. The van der Waals surface area contributed by atoms with E-state index in [-0.39, 0.29) is 11.8 Å². The summed E-state index contributed by atoms with van der Waals surface area (Å²) < 4.78 is 18.1. The van der Waals surface area contributed by atoms with E-state index in [1.165, 1.54) is 6.07 Å². The van der Waals surface area contributed by atoms with Crippen molar-refractivity contribution in [2.45, 2.75) is 25.1 Å². The number of carbonyl (C=O) groups excluding carboxylic acids is 1. The Balaban J connectivity index is 2.66. The van der Waals surface area contributed by atoms with Gasteiger partial charge in [-0.2, -0.15) is 0 Å². The average Bonchev–Trinajstić information content (AvgIpc) is 2.24. The average molecular weight is 289 g/mol. The van der Waals surface area contributed by atoms with Gasteiger partial charge in [-0.25, -0.2) is 4.39 Å². The van der Waals surface area contributed by atoms with Crippen molar-refractivity contribution in [2.75, 3.05) is 6.61 Å². The second-order valence-electron chi connectivity index (χ2n) is 3.51. The van der Waals surface area contributed by atoms with E-state index in [1.807, 2.05) is 6.07 Å². The van der Waals surface area contributed by atoms with Gasteiger partial charge in [-0.05, 0) is 37.5 Å². The molecule has 0 aliphatic rings. The van der Waals surface area contributed by atoms with E-state index in [0.29, 0.717) is 18.6 Å². The lowest BCUT2D eigenvalue weighted by Gasteiger charge is -2.09. The molecule has 0 spiro atoms. The number of hydrogen-bond acceptors (Lipinski definition) is 2. The molecule has 0 saturated carbocycles. The van der Waals surface area contributed by atoms with Crippen LogP contribution >= 0.6 is 15.9 Å². The number of aryl methyl sites for hydroxylation is 1. The van der Waals surface area contributed by atoms with Crippen molar-refractivity contribution in [1.82, 2.24) is 0 Å². The number of carbonyl (C=O) groups is 1. The Morgan fingerprint density at radius 1 is 1.56 bits per heavy atom. The molecule has 2 nitrogen and oxygen atoms in total. The van der Waals surface area contributed by atoms with Crippen LogP contribution < -0.4 is 0 Å². The number of ether oxygens (including phenoxy) is 1. The van der Waals surface area contributed by atoms with Gasteiger partial charge in [0.25, 0.3) is 0 Å². The maximum Gasteiger partial charge on any atom is 0.320 e. The van der Waals surface area contributed by atoms with Crippen molar-refractivity contribution >= 4 is 21.9 Å². The van der Waals surface area contributed by atoms with Crippen LogP contribution in [0, 0.1) is 12.7 Å². The Bertz CT molecular complexity index is 379. The molecule has 1 atom stereocenters. The van der Waals surface area contributed by atoms with Gasteiger partial charge in [-0.1, -0.05) is 28.1 Å². The van der Waals surface area contributed by atoms with Gasteiger partial charge in [0, 0.05) is 0 Å². The zero-order valence-corrected chi connectivity index (χ0v) is 10.9. The van der Waals surface area contributed by atoms with Gasteiger partial charge in [0.2, 0.25) is 0 Å². The van der Waals surface area contributed by atoms with Gasteiger partial charge in [0.15, 0.2) is 0 Å². The summed E-state index contributed by atoms with van der Waals surface area (Å²) in [5, 5.41) is 0. The number of hydrogen-bond donors (Lipinski definition) is 0. The molecule has 0 saturated heterocycles. The van der Waals surface area contributed by atoms with Gasteiger partial charge in [-0.3, -0.25) is 4.79 Å². The van der Waals surface area contributed by atoms with Gasteiger partial charge >= 0.3 is 5.97 Å². The van der Waals surface area contributed by atoms with Gasteiger partial charge < -0.3 is 4.74 Å². The van der Waals surface area contributed by atoms with Crippen molar-refractivity contribution < 1.29 is 13.9 Å². The molecule has 0 fully saturated rings. The molecule has 0 radical (unpaired) electrons. The monoisotopic (exact) mass is 288 g/mol. The summed E-state index contributed by atoms with van der Waals surface area (Å²) in [5.41, 5.74) is 1.38. The third-order valence-corrected chi connectivity index (χ3v) is 2.89. The molecular weight excluding hydrogens is 275 g/mol. The lowest BCUT2D eigenvalue weighted by atomic mass is 10.1. The molecule has 0 aromatic heterocycles.